The maximum Gasteiger partial charge on any atom is 0.271 e. The SMILES string of the molecule is O=C(N/N=C\c1ccc(-c2ccccc2)cc1)c1cccc(S(=O)(=O)N2CCCCC2)c1. The van der Waals surface area contributed by atoms with Gasteiger partial charge in [0.1, 0.15) is 0 Å². The Morgan fingerprint density at radius 3 is 2.25 bits per heavy atom. The minimum absolute atomic E-state index is 0.132. The molecule has 1 heterocycles. The second-order valence-electron chi connectivity index (χ2n) is 7.68. The summed E-state index contributed by atoms with van der Waals surface area (Å²) < 4.78 is 27.2. The van der Waals surface area contributed by atoms with Gasteiger partial charge in [0.05, 0.1) is 11.1 Å². The molecule has 32 heavy (non-hydrogen) atoms. The van der Waals surface area contributed by atoms with Crippen LogP contribution in [0.2, 0.25) is 0 Å². The number of carbonyl (C=O) groups excluding carboxylic acids is 1. The molecule has 164 valence electrons. The lowest BCUT2D eigenvalue weighted by atomic mass is 10.0. The van der Waals surface area contributed by atoms with Gasteiger partial charge in [-0.25, -0.2) is 13.8 Å². The zero-order valence-electron chi connectivity index (χ0n) is 17.6. The van der Waals surface area contributed by atoms with Crippen LogP contribution in [0.1, 0.15) is 35.2 Å². The number of nitrogens with one attached hydrogen (secondary N) is 1. The zero-order chi connectivity index (χ0) is 22.4. The Hall–Kier alpha value is -3.29. The van der Waals surface area contributed by atoms with Crippen molar-refractivity contribution in [2.24, 2.45) is 5.10 Å². The van der Waals surface area contributed by atoms with Crippen LogP contribution in [0.3, 0.4) is 0 Å². The molecule has 0 spiro atoms. The molecule has 1 saturated heterocycles. The monoisotopic (exact) mass is 447 g/mol. The Bertz CT molecular complexity index is 1200. The van der Waals surface area contributed by atoms with Crippen LogP contribution in [0.5, 0.6) is 0 Å². The lowest BCUT2D eigenvalue weighted by molar-refractivity contribution is 0.0955. The highest BCUT2D eigenvalue weighted by atomic mass is 32.2. The van der Waals surface area contributed by atoms with Crippen molar-refractivity contribution in [2.45, 2.75) is 24.2 Å². The van der Waals surface area contributed by atoms with Crippen molar-refractivity contribution in [3.8, 4) is 11.1 Å². The molecule has 0 atom stereocenters. The molecule has 1 fully saturated rings. The van der Waals surface area contributed by atoms with E-state index in [-0.39, 0.29) is 10.5 Å². The molecule has 1 amide bonds. The number of piperidine rings is 1. The maximum atomic E-state index is 12.9. The Morgan fingerprint density at radius 2 is 1.53 bits per heavy atom. The quantitative estimate of drug-likeness (QED) is 0.452. The van der Waals surface area contributed by atoms with Gasteiger partial charge in [0.2, 0.25) is 10.0 Å². The van der Waals surface area contributed by atoms with Gasteiger partial charge in [0, 0.05) is 18.7 Å². The van der Waals surface area contributed by atoms with Crippen molar-refractivity contribution in [3.05, 3.63) is 90.0 Å². The number of nitrogens with zero attached hydrogens (tertiary/aromatic N) is 2. The van der Waals surface area contributed by atoms with Crippen molar-refractivity contribution < 1.29 is 13.2 Å². The van der Waals surface area contributed by atoms with E-state index in [2.05, 4.69) is 10.5 Å². The molecule has 3 aromatic rings. The fourth-order valence-electron chi connectivity index (χ4n) is 3.67. The van der Waals surface area contributed by atoms with Crippen molar-refractivity contribution in [1.82, 2.24) is 9.73 Å². The number of carbonyl (C=O) groups is 1. The molecule has 3 aromatic carbocycles. The van der Waals surface area contributed by atoms with Gasteiger partial charge in [-0.1, -0.05) is 67.1 Å². The number of benzene rings is 3. The first-order valence-corrected chi connectivity index (χ1v) is 12.1. The van der Waals surface area contributed by atoms with E-state index in [1.165, 1.54) is 16.4 Å². The van der Waals surface area contributed by atoms with Crippen molar-refractivity contribution >= 4 is 22.1 Å². The van der Waals surface area contributed by atoms with E-state index < -0.39 is 15.9 Å². The lowest BCUT2D eigenvalue weighted by Crippen LogP contribution is -2.35. The molecule has 4 rings (SSSR count). The molecular weight excluding hydrogens is 422 g/mol. The van der Waals surface area contributed by atoms with E-state index >= 15 is 0 Å². The summed E-state index contributed by atoms with van der Waals surface area (Å²) in [6, 6.07) is 24.0. The third kappa shape index (κ3) is 5.12. The average molecular weight is 448 g/mol. The molecular formula is C25H25N3O3S. The summed E-state index contributed by atoms with van der Waals surface area (Å²) in [5, 5.41) is 4.02. The second-order valence-corrected chi connectivity index (χ2v) is 9.62. The summed E-state index contributed by atoms with van der Waals surface area (Å²) in [7, 11) is -3.59. The van der Waals surface area contributed by atoms with Crippen LogP contribution < -0.4 is 5.43 Å². The normalized spacial score (nSPS) is 15.0. The van der Waals surface area contributed by atoms with Crippen molar-refractivity contribution in [3.63, 3.8) is 0 Å². The molecule has 6 nitrogen and oxygen atoms in total. The smallest absolute Gasteiger partial charge is 0.267 e. The molecule has 1 aliphatic heterocycles. The van der Waals surface area contributed by atoms with Gasteiger partial charge in [-0.15, -0.1) is 0 Å². The Balaban J connectivity index is 1.41. The third-order valence-corrected chi connectivity index (χ3v) is 7.34. The Kier molecular flexibility index (Phi) is 6.78. The summed E-state index contributed by atoms with van der Waals surface area (Å²) in [5.74, 6) is -0.460. The molecule has 0 bridgehead atoms. The highest BCUT2D eigenvalue weighted by Gasteiger charge is 2.26. The van der Waals surface area contributed by atoms with Gasteiger partial charge in [-0.05, 0) is 47.7 Å². The fraction of sp³-hybridized carbons (Fsp3) is 0.200. The van der Waals surface area contributed by atoms with Crippen LogP contribution in [-0.4, -0.2) is 37.9 Å². The Labute approximate surface area is 188 Å². The van der Waals surface area contributed by atoms with Crippen LogP contribution in [0, 0.1) is 0 Å². The molecule has 1 aliphatic rings. The first-order chi connectivity index (χ1) is 15.5. The minimum Gasteiger partial charge on any atom is -0.267 e. The largest absolute Gasteiger partial charge is 0.271 e. The van der Waals surface area contributed by atoms with E-state index in [0.717, 1.165) is 36.0 Å². The van der Waals surface area contributed by atoms with E-state index in [4.69, 9.17) is 0 Å². The van der Waals surface area contributed by atoms with E-state index in [0.29, 0.717) is 13.1 Å². The summed E-state index contributed by atoms with van der Waals surface area (Å²) in [4.78, 5) is 12.6. The zero-order valence-corrected chi connectivity index (χ0v) is 18.5. The fourth-order valence-corrected chi connectivity index (χ4v) is 5.24. The predicted molar refractivity (Wildman–Crippen MR) is 126 cm³/mol. The highest BCUT2D eigenvalue weighted by Crippen LogP contribution is 2.21. The first-order valence-electron chi connectivity index (χ1n) is 10.6. The number of hydrogen-bond donors (Lipinski definition) is 1. The van der Waals surface area contributed by atoms with Gasteiger partial charge in [0.25, 0.3) is 5.91 Å². The summed E-state index contributed by atoms with van der Waals surface area (Å²) in [5.41, 5.74) is 5.79. The van der Waals surface area contributed by atoms with Crippen LogP contribution in [-0.2, 0) is 10.0 Å². The standard InChI is InChI=1S/C25H25N3O3S/c29-25(23-10-7-11-24(18-23)32(30,31)28-16-5-2-6-17-28)27-26-19-20-12-14-22(15-13-20)21-8-3-1-4-9-21/h1,3-4,7-15,18-19H,2,5-6,16-17H2,(H,27,29)/b26-19-. The topological polar surface area (TPSA) is 78.8 Å². The van der Waals surface area contributed by atoms with Gasteiger partial charge < -0.3 is 0 Å². The predicted octanol–water partition coefficient (Wildman–Crippen LogP) is 4.29. The van der Waals surface area contributed by atoms with E-state index in [1.54, 1.807) is 18.3 Å². The van der Waals surface area contributed by atoms with Crippen LogP contribution in [0.25, 0.3) is 11.1 Å². The number of hydrazone groups is 1. The van der Waals surface area contributed by atoms with Crippen molar-refractivity contribution in [1.29, 1.82) is 0 Å². The first kappa shape index (κ1) is 21.9. The van der Waals surface area contributed by atoms with Gasteiger partial charge >= 0.3 is 0 Å². The summed E-state index contributed by atoms with van der Waals surface area (Å²) >= 11 is 0. The summed E-state index contributed by atoms with van der Waals surface area (Å²) in [6.45, 7) is 1.04. The molecule has 0 aromatic heterocycles. The second kappa shape index (κ2) is 9.89. The highest BCUT2D eigenvalue weighted by molar-refractivity contribution is 7.89. The Morgan fingerprint density at radius 1 is 0.844 bits per heavy atom. The van der Waals surface area contributed by atoms with Gasteiger partial charge in [0.15, 0.2) is 0 Å². The number of sulfonamides is 1. The summed E-state index contributed by atoms with van der Waals surface area (Å²) in [6.07, 6.45) is 4.32. The minimum atomic E-state index is -3.59. The maximum absolute atomic E-state index is 12.9. The van der Waals surface area contributed by atoms with Crippen molar-refractivity contribution in [2.75, 3.05) is 13.1 Å². The van der Waals surface area contributed by atoms with Crippen LogP contribution in [0.15, 0.2) is 88.9 Å². The number of hydrogen-bond acceptors (Lipinski definition) is 4. The number of amides is 1. The van der Waals surface area contributed by atoms with Crippen LogP contribution >= 0.6 is 0 Å². The molecule has 0 aliphatic carbocycles. The molecule has 7 heteroatoms. The average Bonchev–Trinajstić information content (AvgIpc) is 2.85. The van der Waals surface area contributed by atoms with E-state index in [1.807, 2.05) is 54.6 Å². The third-order valence-electron chi connectivity index (χ3n) is 5.45. The van der Waals surface area contributed by atoms with Gasteiger partial charge in [-0.3, -0.25) is 4.79 Å². The molecule has 0 saturated carbocycles. The molecule has 0 unspecified atom stereocenters. The lowest BCUT2D eigenvalue weighted by Gasteiger charge is -2.25. The van der Waals surface area contributed by atoms with Crippen LogP contribution in [0.4, 0.5) is 0 Å². The van der Waals surface area contributed by atoms with E-state index in [9.17, 15) is 13.2 Å². The number of rotatable bonds is 6. The molecule has 0 radical (unpaired) electrons. The molecule has 1 N–H and O–H groups in total. The van der Waals surface area contributed by atoms with Gasteiger partial charge in [-0.2, -0.15) is 9.41 Å².